The molecule has 180 valence electrons. The number of rotatable bonds is 11. The van der Waals surface area contributed by atoms with Crippen LogP contribution in [-0.4, -0.2) is 71.5 Å². The van der Waals surface area contributed by atoms with Crippen molar-refractivity contribution in [1.29, 1.82) is 0 Å². The number of carbonyl (C=O) groups is 1. The van der Waals surface area contributed by atoms with Crippen LogP contribution in [0.5, 0.6) is 5.75 Å². The highest BCUT2D eigenvalue weighted by atomic mass is 32.2. The van der Waals surface area contributed by atoms with Crippen LogP contribution in [0.25, 0.3) is 0 Å². The van der Waals surface area contributed by atoms with E-state index in [1.54, 1.807) is 24.3 Å². The Kier molecular flexibility index (Phi) is 9.11. The van der Waals surface area contributed by atoms with Crippen LogP contribution in [0.15, 0.2) is 48.5 Å². The predicted octanol–water partition coefficient (Wildman–Crippen LogP) is 2.18. The molecule has 0 spiro atoms. The monoisotopic (exact) mass is 475 g/mol. The summed E-state index contributed by atoms with van der Waals surface area (Å²) in [7, 11) is -3.47. The topological polar surface area (TPSA) is 88.2 Å². The van der Waals surface area contributed by atoms with E-state index in [1.165, 1.54) is 10.6 Å². The van der Waals surface area contributed by atoms with Crippen molar-refractivity contribution < 1.29 is 22.7 Å². The van der Waals surface area contributed by atoms with Crippen LogP contribution in [0.3, 0.4) is 0 Å². The van der Waals surface area contributed by atoms with Gasteiger partial charge in [-0.3, -0.25) is 14.0 Å². The fourth-order valence-corrected chi connectivity index (χ4v) is 4.41. The smallest absolute Gasteiger partial charge is 0.257 e. The normalized spacial score (nSPS) is 14.6. The standard InChI is InChI=1S/C24H33N3O5S/c1-20-4-6-21(7-5-20)18-27(33(2,29)30)22-8-10-23(11-9-22)32-19-24(28)25-12-3-13-26-14-16-31-17-15-26/h4-11H,3,12-19H2,1-2H3,(H,25,28). The highest BCUT2D eigenvalue weighted by Crippen LogP contribution is 2.24. The average molecular weight is 476 g/mol. The summed E-state index contributed by atoms with van der Waals surface area (Å²) in [5.41, 5.74) is 2.56. The lowest BCUT2D eigenvalue weighted by Crippen LogP contribution is -2.38. The molecule has 9 heteroatoms. The van der Waals surface area contributed by atoms with Crippen LogP contribution in [0.2, 0.25) is 0 Å². The van der Waals surface area contributed by atoms with Gasteiger partial charge in [-0.25, -0.2) is 8.42 Å². The third-order valence-corrected chi connectivity index (χ3v) is 6.56. The second-order valence-electron chi connectivity index (χ2n) is 8.20. The van der Waals surface area contributed by atoms with Gasteiger partial charge in [0.25, 0.3) is 5.91 Å². The number of amides is 1. The molecule has 33 heavy (non-hydrogen) atoms. The third kappa shape index (κ3) is 8.34. The lowest BCUT2D eigenvalue weighted by molar-refractivity contribution is -0.123. The molecule has 0 saturated carbocycles. The summed E-state index contributed by atoms with van der Waals surface area (Å²) in [5, 5.41) is 2.86. The zero-order valence-corrected chi connectivity index (χ0v) is 20.1. The van der Waals surface area contributed by atoms with Crippen LogP contribution in [0.1, 0.15) is 17.5 Å². The molecule has 0 radical (unpaired) electrons. The molecule has 1 aliphatic rings. The number of benzene rings is 2. The molecule has 1 amide bonds. The maximum atomic E-state index is 12.4. The lowest BCUT2D eigenvalue weighted by Gasteiger charge is -2.26. The molecule has 1 saturated heterocycles. The van der Waals surface area contributed by atoms with Crippen molar-refractivity contribution in [3.63, 3.8) is 0 Å². The zero-order valence-electron chi connectivity index (χ0n) is 19.3. The van der Waals surface area contributed by atoms with E-state index < -0.39 is 10.0 Å². The molecule has 1 N–H and O–H groups in total. The summed E-state index contributed by atoms with van der Waals surface area (Å²) in [6, 6.07) is 14.5. The first-order valence-electron chi connectivity index (χ1n) is 11.1. The van der Waals surface area contributed by atoms with Crippen molar-refractivity contribution in [2.24, 2.45) is 0 Å². The number of ether oxygens (including phenoxy) is 2. The number of hydrogen-bond donors (Lipinski definition) is 1. The number of aryl methyl sites for hydroxylation is 1. The highest BCUT2D eigenvalue weighted by molar-refractivity contribution is 7.92. The van der Waals surface area contributed by atoms with Crippen LogP contribution < -0.4 is 14.4 Å². The Balaban J connectivity index is 1.46. The first-order valence-corrected chi connectivity index (χ1v) is 13.0. The molecule has 3 rings (SSSR count). The largest absolute Gasteiger partial charge is 0.484 e. The van der Waals surface area contributed by atoms with Crippen LogP contribution in [0.4, 0.5) is 5.69 Å². The van der Waals surface area contributed by atoms with Gasteiger partial charge < -0.3 is 14.8 Å². The van der Waals surface area contributed by atoms with Gasteiger partial charge in [0.05, 0.1) is 31.7 Å². The second kappa shape index (κ2) is 12.0. The summed E-state index contributed by atoms with van der Waals surface area (Å²) in [5.74, 6) is 0.323. The predicted molar refractivity (Wildman–Crippen MR) is 129 cm³/mol. The van der Waals surface area contributed by atoms with E-state index >= 15 is 0 Å². The van der Waals surface area contributed by atoms with Gasteiger partial charge in [0.2, 0.25) is 10.0 Å². The minimum atomic E-state index is -3.47. The van der Waals surface area contributed by atoms with Gasteiger partial charge in [0, 0.05) is 19.6 Å². The summed E-state index contributed by atoms with van der Waals surface area (Å²) in [6.07, 6.45) is 2.07. The van der Waals surface area contributed by atoms with Crippen LogP contribution in [0, 0.1) is 6.92 Å². The maximum Gasteiger partial charge on any atom is 0.257 e. The molecule has 2 aromatic rings. The Bertz CT molecular complexity index is 988. The number of carbonyl (C=O) groups excluding carboxylic acids is 1. The number of morpholine rings is 1. The van der Waals surface area contributed by atoms with Gasteiger partial charge in [-0.05, 0) is 49.7 Å². The van der Waals surface area contributed by atoms with Crippen molar-refractivity contribution in [3.8, 4) is 5.75 Å². The fourth-order valence-electron chi connectivity index (χ4n) is 3.52. The highest BCUT2D eigenvalue weighted by Gasteiger charge is 2.18. The second-order valence-corrected chi connectivity index (χ2v) is 10.1. The maximum absolute atomic E-state index is 12.4. The number of anilines is 1. The van der Waals surface area contributed by atoms with Crippen molar-refractivity contribution in [3.05, 3.63) is 59.7 Å². The quantitative estimate of drug-likeness (QED) is 0.501. The minimum Gasteiger partial charge on any atom is -0.484 e. The Hall–Kier alpha value is -2.62. The van der Waals surface area contributed by atoms with Gasteiger partial charge in [-0.15, -0.1) is 0 Å². The Morgan fingerprint density at radius 3 is 2.39 bits per heavy atom. The van der Waals surface area contributed by atoms with E-state index in [4.69, 9.17) is 9.47 Å². The van der Waals surface area contributed by atoms with E-state index in [0.29, 0.717) is 18.0 Å². The van der Waals surface area contributed by atoms with E-state index in [1.807, 2.05) is 31.2 Å². The summed E-state index contributed by atoms with van der Waals surface area (Å²) >= 11 is 0. The van der Waals surface area contributed by atoms with Gasteiger partial charge in [0.1, 0.15) is 5.75 Å². The van der Waals surface area contributed by atoms with Crippen LogP contribution in [-0.2, 0) is 26.1 Å². The third-order valence-electron chi connectivity index (χ3n) is 5.42. The van der Waals surface area contributed by atoms with Gasteiger partial charge >= 0.3 is 0 Å². The van der Waals surface area contributed by atoms with E-state index in [9.17, 15) is 13.2 Å². The van der Waals surface area contributed by atoms with Crippen molar-refractivity contribution in [1.82, 2.24) is 10.2 Å². The molecule has 1 aliphatic heterocycles. The summed E-state index contributed by atoms with van der Waals surface area (Å²) in [4.78, 5) is 14.4. The van der Waals surface area contributed by atoms with Crippen LogP contribution >= 0.6 is 0 Å². The average Bonchev–Trinajstić information content (AvgIpc) is 2.80. The molecule has 0 aromatic heterocycles. The molecule has 2 aromatic carbocycles. The molecule has 8 nitrogen and oxygen atoms in total. The molecule has 0 aliphatic carbocycles. The van der Waals surface area contributed by atoms with Gasteiger partial charge in [-0.1, -0.05) is 29.8 Å². The zero-order chi connectivity index (χ0) is 23.7. The minimum absolute atomic E-state index is 0.0872. The number of sulfonamides is 1. The van der Waals surface area contributed by atoms with Crippen molar-refractivity contribution in [2.45, 2.75) is 19.9 Å². The SMILES string of the molecule is Cc1ccc(CN(c2ccc(OCC(=O)NCCCN3CCOCC3)cc2)S(C)(=O)=O)cc1. The summed E-state index contributed by atoms with van der Waals surface area (Å²) < 4.78 is 37.0. The fraction of sp³-hybridized carbons (Fsp3) is 0.458. The number of hydrogen-bond acceptors (Lipinski definition) is 6. The Morgan fingerprint density at radius 1 is 1.09 bits per heavy atom. The van der Waals surface area contributed by atoms with Crippen molar-refractivity contribution >= 4 is 21.6 Å². The molecule has 0 atom stereocenters. The number of nitrogens with one attached hydrogen (secondary N) is 1. The molecule has 0 bridgehead atoms. The van der Waals surface area contributed by atoms with E-state index in [2.05, 4.69) is 10.2 Å². The molecular formula is C24H33N3O5S. The molecular weight excluding hydrogens is 442 g/mol. The van der Waals surface area contributed by atoms with Gasteiger partial charge in [-0.2, -0.15) is 0 Å². The van der Waals surface area contributed by atoms with E-state index in [0.717, 1.165) is 50.4 Å². The first-order chi connectivity index (χ1) is 15.8. The Labute approximate surface area is 196 Å². The van der Waals surface area contributed by atoms with Crippen molar-refractivity contribution in [2.75, 3.05) is 56.6 Å². The van der Waals surface area contributed by atoms with Gasteiger partial charge in [0.15, 0.2) is 6.61 Å². The first kappa shape index (κ1) is 25.0. The summed E-state index contributed by atoms with van der Waals surface area (Å²) in [6.45, 7) is 7.10. The molecule has 1 fully saturated rings. The Morgan fingerprint density at radius 2 is 1.76 bits per heavy atom. The van der Waals surface area contributed by atoms with E-state index in [-0.39, 0.29) is 19.1 Å². The molecule has 0 unspecified atom stereocenters. The lowest BCUT2D eigenvalue weighted by atomic mass is 10.1. The number of nitrogens with zero attached hydrogens (tertiary/aromatic N) is 2. The molecule has 1 heterocycles.